The standard InChI is InChI=1S/C25H20Cl2N2O/c26-18-9-11-20(12-10-18)29-23(17-5-2-1-3-6-17)16-24-22(25(29)30)13-14-28(24)21-8-4-7-19(27)15-21/h1-12,15,23H,13-14,16H2. The van der Waals surface area contributed by atoms with E-state index < -0.39 is 0 Å². The number of hydrogen-bond acceptors (Lipinski definition) is 2. The van der Waals surface area contributed by atoms with Crippen LogP contribution in [-0.2, 0) is 4.79 Å². The number of anilines is 2. The predicted octanol–water partition coefficient (Wildman–Crippen LogP) is 6.64. The lowest BCUT2D eigenvalue weighted by Gasteiger charge is -2.38. The van der Waals surface area contributed by atoms with Crippen molar-refractivity contribution >= 4 is 40.5 Å². The molecule has 0 bridgehead atoms. The average molecular weight is 435 g/mol. The minimum absolute atomic E-state index is 0.0666. The Balaban J connectivity index is 1.60. The molecule has 3 aromatic carbocycles. The third-order valence-electron chi connectivity index (χ3n) is 5.84. The highest BCUT2D eigenvalue weighted by Gasteiger charge is 2.40. The van der Waals surface area contributed by atoms with E-state index in [1.54, 1.807) is 0 Å². The molecule has 150 valence electrons. The van der Waals surface area contributed by atoms with Crippen molar-refractivity contribution in [2.24, 2.45) is 0 Å². The fourth-order valence-electron chi connectivity index (χ4n) is 4.46. The molecular weight excluding hydrogens is 415 g/mol. The molecule has 2 heterocycles. The lowest BCUT2D eigenvalue weighted by molar-refractivity contribution is -0.116. The van der Waals surface area contributed by atoms with Crippen LogP contribution in [0, 0.1) is 0 Å². The Morgan fingerprint density at radius 2 is 1.57 bits per heavy atom. The molecule has 3 aromatic rings. The van der Waals surface area contributed by atoms with Gasteiger partial charge < -0.3 is 9.80 Å². The van der Waals surface area contributed by atoms with Crippen molar-refractivity contribution in [3.8, 4) is 0 Å². The third kappa shape index (κ3) is 3.38. The van der Waals surface area contributed by atoms with Gasteiger partial charge in [0.25, 0.3) is 5.91 Å². The average Bonchev–Trinajstić information content (AvgIpc) is 3.20. The van der Waals surface area contributed by atoms with E-state index in [0.29, 0.717) is 10.0 Å². The summed E-state index contributed by atoms with van der Waals surface area (Å²) in [5.41, 5.74) is 5.00. The molecule has 1 amide bonds. The van der Waals surface area contributed by atoms with Gasteiger partial charge in [-0.1, -0.05) is 59.6 Å². The van der Waals surface area contributed by atoms with E-state index in [1.165, 1.54) is 0 Å². The summed E-state index contributed by atoms with van der Waals surface area (Å²) in [7, 11) is 0. The fourth-order valence-corrected chi connectivity index (χ4v) is 4.77. The third-order valence-corrected chi connectivity index (χ3v) is 6.33. The zero-order chi connectivity index (χ0) is 20.7. The Morgan fingerprint density at radius 1 is 0.800 bits per heavy atom. The predicted molar refractivity (Wildman–Crippen MR) is 123 cm³/mol. The molecule has 0 N–H and O–H groups in total. The number of halogens is 2. The summed E-state index contributed by atoms with van der Waals surface area (Å²) in [4.78, 5) is 17.9. The van der Waals surface area contributed by atoms with Gasteiger partial charge in [0.1, 0.15) is 0 Å². The highest BCUT2D eigenvalue weighted by atomic mass is 35.5. The Labute approximate surface area is 186 Å². The van der Waals surface area contributed by atoms with E-state index in [9.17, 15) is 4.79 Å². The largest absolute Gasteiger partial charge is 0.344 e. The van der Waals surface area contributed by atoms with Crippen molar-refractivity contribution in [1.82, 2.24) is 0 Å². The smallest absolute Gasteiger partial charge is 0.256 e. The van der Waals surface area contributed by atoms with Gasteiger partial charge in [-0.15, -0.1) is 0 Å². The Kier molecular flexibility index (Phi) is 5.01. The summed E-state index contributed by atoms with van der Waals surface area (Å²) in [5, 5.41) is 1.36. The number of rotatable bonds is 3. The SMILES string of the molecule is O=C1C2=C(CC(c3ccccc3)N1c1ccc(Cl)cc1)N(c1cccc(Cl)c1)CC2. The molecule has 1 atom stereocenters. The molecule has 0 fully saturated rings. The lowest BCUT2D eigenvalue weighted by Crippen LogP contribution is -2.40. The van der Waals surface area contributed by atoms with Gasteiger partial charge in [0.2, 0.25) is 0 Å². The summed E-state index contributed by atoms with van der Waals surface area (Å²) in [5.74, 6) is 0.0666. The van der Waals surface area contributed by atoms with Gasteiger partial charge in [-0.05, 0) is 54.4 Å². The van der Waals surface area contributed by atoms with Crippen LogP contribution in [0.25, 0.3) is 0 Å². The zero-order valence-electron chi connectivity index (χ0n) is 16.3. The first-order valence-corrected chi connectivity index (χ1v) is 10.8. The van der Waals surface area contributed by atoms with Crippen molar-refractivity contribution in [2.75, 3.05) is 16.3 Å². The first kappa shape index (κ1) is 19.2. The highest BCUT2D eigenvalue weighted by Crippen LogP contribution is 2.44. The number of amides is 1. The van der Waals surface area contributed by atoms with Gasteiger partial charge in [0.05, 0.1) is 6.04 Å². The fraction of sp³-hybridized carbons (Fsp3) is 0.160. The second kappa shape index (κ2) is 7.82. The topological polar surface area (TPSA) is 23.6 Å². The van der Waals surface area contributed by atoms with Crippen LogP contribution < -0.4 is 9.80 Å². The lowest BCUT2D eigenvalue weighted by atomic mass is 9.92. The van der Waals surface area contributed by atoms with E-state index in [1.807, 2.05) is 65.6 Å². The Morgan fingerprint density at radius 3 is 2.30 bits per heavy atom. The second-order valence-electron chi connectivity index (χ2n) is 7.59. The molecule has 2 aliphatic heterocycles. The maximum absolute atomic E-state index is 13.7. The molecule has 0 aliphatic carbocycles. The van der Waals surface area contributed by atoms with E-state index >= 15 is 0 Å². The van der Waals surface area contributed by atoms with E-state index in [-0.39, 0.29) is 11.9 Å². The van der Waals surface area contributed by atoms with Crippen LogP contribution in [0.3, 0.4) is 0 Å². The van der Waals surface area contributed by atoms with Gasteiger partial charge in [-0.25, -0.2) is 0 Å². The molecule has 0 spiro atoms. The van der Waals surface area contributed by atoms with Crippen LogP contribution in [0.15, 0.2) is 90.1 Å². The van der Waals surface area contributed by atoms with Crippen LogP contribution in [0.1, 0.15) is 24.4 Å². The summed E-state index contributed by atoms with van der Waals surface area (Å²) in [6, 6.07) is 25.5. The van der Waals surface area contributed by atoms with Crippen molar-refractivity contribution in [3.63, 3.8) is 0 Å². The van der Waals surface area contributed by atoms with Crippen LogP contribution in [-0.4, -0.2) is 12.5 Å². The summed E-state index contributed by atoms with van der Waals surface area (Å²) < 4.78 is 0. The molecule has 0 radical (unpaired) electrons. The quantitative estimate of drug-likeness (QED) is 0.461. The maximum Gasteiger partial charge on any atom is 0.256 e. The normalized spacial score (nSPS) is 18.7. The molecule has 0 saturated heterocycles. The van der Waals surface area contributed by atoms with Crippen molar-refractivity contribution < 1.29 is 4.79 Å². The molecule has 2 aliphatic rings. The molecule has 5 rings (SSSR count). The highest BCUT2D eigenvalue weighted by molar-refractivity contribution is 6.31. The number of carbonyl (C=O) groups is 1. The Hall–Kier alpha value is -2.75. The monoisotopic (exact) mass is 434 g/mol. The minimum atomic E-state index is -0.0848. The van der Waals surface area contributed by atoms with Gasteiger partial charge in [-0.3, -0.25) is 4.79 Å². The van der Waals surface area contributed by atoms with Crippen LogP contribution in [0.5, 0.6) is 0 Å². The van der Waals surface area contributed by atoms with Gasteiger partial charge in [0.15, 0.2) is 0 Å². The number of nitrogens with zero attached hydrogens (tertiary/aromatic N) is 2. The first-order valence-electron chi connectivity index (χ1n) is 10.0. The van der Waals surface area contributed by atoms with Gasteiger partial charge in [0, 0.05) is 45.7 Å². The van der Waals surface area contributed by atoms with Crippen LogP contribution >= 0.6 is 23.2 Å². The van der Waals surface area contributed by atoms with Gasteiger partial charge in [-0.2, -0.15) is 0 Å². The molecule has 0 saturated carbocycles. The van der Waals surface area contributed by atoms with E-state index in [2.05, 4.69) is 23.1 Å². The summed E-state index contributed by atoms with van der Waals surface area (Å²) >= 11 is 12.3. The minimum Gasteiger partial charge on any atom is -0.344 e. The second-order valence-corrected chi connectivity index (χ2v) is 8.46. The number of carbonyl (C=O) groups excluding carboxylic acids is 1. The Bertz CT molecular complexity index is 1130. The van der Waals surface area contributed by atoms with Crippen LogP contribution in [0.2, 0.25) is 10.0 Å². The van der Waals surface area contributed by atoms with Crippen molar-refractivity contribution in [1.29, 1.82) is 0 Å². The molecule has 5 heteroatoms. The maximum atomic E-state index is 13.7. The molecule has 0 aromatic heterocycles. The van der Waals surface area contributed by atoms with E-state index in [4.69, 9.17) is 23.2 Å². The van der Waals surface area contributed by atoms with Crippen LogP contribution in [0.4, 0.5) is 11.4 Å². The zero-order valence-corrected chi connectivity index (χ0v) is 17.8. The molecular formula is C25H20Cl2N2O. The number of benzene rings is 3. The molecule has 30 heavy (non-hydrogen) atoms. The van der Waals surface area contributed by atoms with Crippen molar-refractivity contribution in [2.45, 2.75) is 18.9 Å². The summed E-state index contributed by atoms with van der Waals surface area (Å²) in [6.07, 6.45) is 1.48. The van der Waals surface area contributed by atoms with Gasteiger partial charge >= 0.3 is 0 Å². The number of hydrogen-bond donors (Lipinski definition) is 0. The molecule has 3 nitrogen and oxygen atoms in total. The summed E-state index contributed by atoms with van der Waals surface area (Å²) in [6.45, 7) is 0.784. The van der Waals surface area contributed by atoms with Crippen molar-refractivity contribution in [3.05, 3.63) is 106 Å². The first-order chi connectivity index (χ1) is 14.6. The molecule has 1 unspecified atom stereocenters. The van der Waals surface area contributed by atoms with E-state index in [0.717, 1.165) is 47.6 Å².